The molecule has 1 aromatic rings. The minimum absolute atomic E-state index is 0.197. The van der Waals surface area contributed by atoms with Crippen LogP contribution in [0, 0.1) is 17.7 Å². The lowest BCUT2D eigenvalue weighted by Crippen LogP contribution is -2.20. The summed E-state index contributed by atoms with van der Waals surface area (Å²) in [5.74, 6) is 5.72. The molecule has 15 heavy (non-hydrogen) atoms. The zero-order valence-corrected chi connectivity index (χ0v) is 9.18. The summed E-state index contributed by atoms with van der Waals surface area (Å²) >= 11 is 0. The molecule has 1 aromatic carbocycles. The smallest absolute Gasteiger partial charge is 0.123 e. The van der Waals surface area contributed by atoms with Crippen LogP contribution in [0.3, 0.4) is 0 Å². The standard InChI is InChI=1S/C13H16FN/c1-3-5-6-13(15-4-2)11-7-9-12(14)10-8-11/h7-10,13,15H,4,6H2,1-2H3. The molecule has 0 radical (unpaired) electrons. The fourth-order valence-corrected chi connectivity index (χ4v) is 1.45. The molecule has 1 unspecified atom stereocenters. The molecular weight excluding hydrogens is 189 g/mol. The summed E-state index contributed by atoms with van der Waals surface area (Å²) in [4.78, 5) is 0. The van der Waals surface area contributed by atoms with Gasteiger partial charge in [-0.25, -0.2) is 4.39 Å². The molecule has 1 N–H and O–H groups in total. The number of hydrogen-bond donors (Lipinski definition) is 1. The van der Waals surface area contributed by atoms with Crippen LogP contribution in [-0.2, 0) is 0 Å². The second kappa shape index (κ2) is 6.21. The highest BCUT2D eigenvalue weighted by Gasteiger charge is 2.07. The van der Waals surface area contributed by atoms with Gasteiger partial charge < -0.3 is 5.32 Å². The van der Waals surface area contributed by atoms with Crippen molar-refractivity contribution in [1.82, 2.24) is 5.32 Å². The normalized spacial score (nSPS) is 11.7. The summed E-state index contributed by atoms with van der Waals surface area (Å²) in [6.45, 7) is 4.76. The van der Waals surface area contributed by atoms with Gasteiger partial charge in [0.1, 0.15) is 5.82 Å². The zero-order valence-electron chi connectivity index (χ0n) is 9.18. The summed E-state index contributed by atoms with van der Waals surface area (Å²) in [5, 5.41) is 3.33. The molecule has 0 aliphatic carbocycles. The van der Waals surface area contributed by atoms with E-state index in [4.69, 9.17) is 0 Å². The Morgan fingerprint density at radius 3 is 2.53 bits per heavy atom. The minimum Gasteiger partial charge on any atom is -0.309 e. The number of rotatable bonds is 4. The molecule has 0 aliphatic rings. The summed E-state index contributed by atoms with van der Waals surface area (Å²) in [6, 6.07) is 6.78. The highest BCUT2D eigenvalue weighted by atomic mass is 19.1. The molecule has 0 heterocycles. The van der Waals surface area contributed by atoms with Crippen molar-refractivity contribution in [3.05, 3.63) is 35.6 Å². The van der Waals surface area contributed by atoms with E-state index in [2.05, 4.69) is 24.1 Å². The third-order valence-electron chi connectivity index (χ3n) is 2.21. The molecule has 0 amide bonds. The van der Waals surface area contributed by atoms with Gasteiger partial charge in [-0.05, 0) is 31.2 Å². The lowest BCUT2D eigenvalue weighted by Gasteiger charge is -2.15. The molecule has 2 heteroatoms. The van der Waals surface area contributed by atoms with E-state index in [0.717, 1.165) is 18.5 Å². The van der Waals surface area contributed by atoms with Gasteiger partial charge in [-0.3, -0.25) is 0 Å². The van der Waals surface area contributed by atoms with Crippen LogP contribution in [0.15, 0.2) is 24.3 Å². The predicted molar refractivity (Wildman–Crippen MR) is 60.9 cm³/mol. The average Bonchev–Trinajstić information content (AvgIpc) is 2.25. The number of nitrogens with one attached hydrogen (secondary N) is 1. The molecule has 1 nitrogen and oxygen atoms in total. The second-order valence-electron chi connectivity index (χ2n) is 3.29. The predicted octanol–water partition coefficient (Wildman–Crippen LogP) is 2.89. The molecule has 1 rings (SSSR count). The average molecular weight is 205 g/mol. The van der Waals surface area contributed by atoms with Crippen LogP contribution in [0.4, 0.5) is 4.39 Å². The SMILES string of the molecule is CC#CCC(NCC)c1ccc(F)cc1. The Labute approximate surface area is 90.7 Å². The number of halogens is 1. The molecule has 0 saturated heterocycles. The lowest BCUT2D eigenvalue weighted by atomic mass is 10.0. The molecule has 0 spiro atoms. The largest absolute Gasteiger partial charge is 0.309 e. The highest BCUT2D eigenvalue weighted by molar-refractivity contribution is 5.21. The Morgan fingerprint density at radius 2 is 2.00 bits per heavy atom. The van der Waals surface area contributed by atoms with Crippen molar-refractivity contribution in [2.75, 3.05) is 6.54 Å². The number of hydrogen-bond acceptors (Lipinski definition) is 1. The third kappa shape index (κ3) is 3.73. The maximum atomic E-state index is 12.7. The molecular formula is C13H16FN. The second-order valence-corrected chi connectivity index (χ2v) is 3.29. The van der Waals surface area contributed by atoms with Crippen LogP contribution in [-0.4, -0.2) is 6.54 Å². The Morgan fingerprint density at radius 1 is 1.33 bits per heavy atom. The monoisotopic (exact) mass is 205 g/mol. The first-order chi connectivity index (χ1) is 7.27. The third-order valence-corrected chi connectivity index (χ3v) is 2.21. The maximum Gasteiger partial charge on any atom is 0.123 e. The molecule has 0 aliphatic heterocycles. The summed E-state index contributed by atoms with van der Waals surface area (Å²) in [7, 11) is 0. The van der Waals surface area contributed by atoms with E-state index in [1.54, 1.807) is 12.1 Å². The fourth-order valence-electron chi connectivity index (χ4n) is 1.45. The topological polar surface area (TPSA) is 12.0 Å². The van der Waals surface area contributed by atoms with Gasteiger partial charge in [-0.15, -0.1) is 11.8 Å². The van der Waals surface area contributed by atoms with E-state index in [1.165, 1.54) is 12.1 Å². The lowest BCUT2D eigenvalue weighted by molar-refractivity contribution is 0.562. The first-order valence-corrected chi connectivity index (χ1v) is 5.16. The quantitative estimate of drug-likeness (QED) is 0.745. The Hall–Kier alpha value is -1.33. The Kier molecular flexibility index (Phi) is 4.86. The Bertz CT molecular complexity index is 345. The van der Waals surface area contributed by atoms with Crippen molar-refractivity contribution in [2.45, 2.75) is 26.3 Å². The van der Waals surface area contributed by atoms with Gasteiger partial charge in [0.15, 0.2) is 0 Å². The van der Waals surface area contributed by atoms with E-state index >= 15 is 0 Å². The molecule has 0 fully saturated rings. The van der Waals surface area contributed by atoms with Crippen molar-refractivity contribution < 1.29 is 4.39 Å². The van der Waals surface area contributed by atoms with Crippen molar-refractivity contribution in [3.63, 3.8) is 0 Å². The van der Waals surface area contributed by atoms with Crippen LogP contribution >= 0.6 is 0 Å². The van der Waals surface area contributed by atoms with E-state index < -0.39 is 0 Å². The van der Waals surface area contributed by atoms with E-state index in [0.29, 0.717) is 0 Å². The molecule has 0 saturated carbocycles. The van der Waals surface area contributed by atoms with Crippen molar-refractivity contribution in [1.29, 1.82) is 0 Å². The fraction of sp³-hybridized carbons (Fsp3) is 0.385. The molecule has 0 bridgehead atoms. The summed E-state index contributed by atoms with van der Waals surface area (Å²) in [5.41, 5.74) is 1.08. The highest BCUT2D eigenvalue weighted by Crippen LogP contribution is 2.16. The minimum atomic E-state index is -0.199. The van der Waals surface area contributed by atoms with Gasteiger partial charge in [0.2, 0.25) is 0 Å². The first-order valence-electron chi connectivity index (χ1n) is 5.16. The van der Waals surface area contributed by atoms with E-state index in [1.807, 2.05) is 6.92 Å². The van der Waals surface area contributed by atoms with Gasteiger partial charge in [0, 0.05) is 12.5 Å². The summed E-state index contributed by atoms with van der Waals surface area (Å²) < 4.78 is 12.7. The van der Waals surface area contributed by atoms with E-state index in [-0.39, 0.29) is 11.9 Å². The van der Waals surface area contributed by atoms with Crippen LogP contribution < -0.4 is 5.32 Å². The van der Waals surface area contributed by atoms with Crippen LogP contribution in [0.5, 0.6) is 0 Å². The summed E-state index contributed by atoms with van der Waals surface area (Å²) in [6.07, 6.45) is 0.760. The molecule has 80 valence electrons. The van der Waals surface area contributed by atoms with Gasteiger partial charge in [-0.2, -0.15) is 0 Å². The van der Waals surface area contributed by atoms with Gasteiger partial charge >= 0.3 is 0 Å². The number of benzene rings is 1. The van der Waals surface area contributed by atoms with E-state index in [9.17, 15) is 4.39 Å². The van der Waals surface area contributed by atoms with Crippen LogP contribution in [0.2, 0.25) is 0 Å². The first kappa shape index (κ1) is 11.7. The van der Waals surface area contributed by atoms with Gasteiger partial charge in [0.05, 0.1) is 0 Å². The molecule has 1 atom stereocenters. The van der Waals surface area contributed by atoms with Crippen molar-refractivity contribution in [2.24, 2.45) is 0 Å². The van der Waals surface area contributed by atoms with Gasteiger partial charge in [-0.1, -0.05) is 19.1 Å². The van der Waals surface area contributed by atoms with Crippen LogP contribution in [0.1, 0.15) is 31.9 Å². The maximum absolute atomic E-state index is 12.7. The van der Waals surface area contributed by atoms with Crippen molar-refractivity contribution in [3.8, 4) is 11.8 Å². The van der Waals surface area contributed by atoms with Gasteiger partial charge in [0.25, 0.3) is 0 Å². The van der Waals surface area contributed by atoms with Crippen molar-refractivity contribution >= 4 is 0 Å². The molecule has 0 aromatic heterocycles. The zero-order chi connectivity index (χ0) is 11.1. The van der Waals surface area contributed by atoms with Crippen LogP contribution in [0.25, 0.3) is 0 Å². The Balaban J connectivity index is 2.76.